The molecule has 2 aromatic heterocycles. The van der Waals surface area contributed by atoms with Gasteiger partial charge in [0.05, 0.1) is 6.54 Å². The van der Waals surface area contributed by atoms with Crippen molar-refractivity contribution >= 4 is 17.5 Å². The van der Waals surface area contributed by atoms with Crippen LogP contribution in [0.25, 0.3) is 5.65 Å². The molecule has 9 heteroatoms. The van der Waals surface area contributed by atoms with E-state index in [1.165, 1.54) is 0 Å². The van der Waals surface area contributed by atoms with Gasteiger partial charge < -0.3 is 10.2 Å². The molecule has 1 aromatic carbocycles. The maximum atomic E-state index is 13.2. The highest BCUT2D eigenvalue weighted by Gasteiger charge is 2.27. The molecule has 2 amide bonds. The van der Waals surface area contributed by atoms with Crippen LogP contribution in [0.3, 0.4) is 0 Å². The van der Waals surface area contributed by atoms with Crippen LogP contribution in [0.2, 0.25) is 0 Å². The molecule has 29 heavy (non-hydrogen) atoms. The number of hydrogen-bond acceptors (Lipinski definition) is 4. The van der Waals surface area contributed by atoms with Gasteiger partial charge in [-0.2, -0.15) is 0 Å². The molecule has 3 heterocycles. The molecule has 0 saturated carbocycles. The number of likely N-dealkylation sites (tertiary alicyclic amines) is 1. The summed E-state index contributed by atoms with van der Waals surface area (Å²) in [7, 11) is 0. The standard InChI is InChI=1S/C20H19F2N5O2/c21-15-9-14(10-16(22)11-15)20(29)23-12-18(28)26-7-4-13(5-8-26)19-25-24-17-3-1-2-6-27(17)19/h1-3,6,9-11,13H,4-5,7-8,12H2,(H,23,29). The van der Waals surface area contributed by atoms with Crippen LogP contribution in [0.4, 0.5) is 8.78 Å². The first-order chi connectivity index (χ1) is 14.0. The largest absolute Gasteiger partial charge is 0.343 e. The van der Waals surface area contributed by atoms with Crippen LogP contribution in [-0.4, -0.2) is 50.9 Å². The number of halogens is 2. The molecule has 0 bridgehead atoms. The molecule has 0 spiro atoms. The first kappa shape index (κ1) is 19.0. The predicted molar refractivity (Wildman–Crippen MR) is 100 cm³/mol. The second-order valence-corrected chi connectivity index (χ2v) is 6.98. The van der Waals surface area contributed by atoms with E-state index in [4.69, 9.17) is 0 Å². The highest BCUT2D eigenvalue weighted by molar-refractivity contribution is 5.96. The van der Waals surface area contributed by atoms with Crippen LogP contribution < -0.4 is 5.32 Å². The van der Waals surface area contributed by atoms with Crippen LogP contribution in [0.5, 0.6) is 0 Å². The summed E-state index contributed by atoms with van der Waals surface area (Å²) in [6, 6.07) is 8.26. The maximum absolute atomic E-state index is 13.2. The summed E-state index contributed by atoms with van der Waals surface area (Å²) >= 11 is 0. The van der Waals surface area contributed by atoms with Crippen molar-refractivity contribution in [2.45, 2.75) is 18.8 Å². The van der Waals surface area contributed by atoms with Crippen molar-refractivity contribution < 1.29 is 18.4 Å². The average molecular weight is 399 g/mol. The van der Waals surface area contributed by atoms with Gasteiger partial charge in [0.1, 0.15) is 17.5 Å². The highest BCUT2D eigenvalue weighted by atomic mass is 19.1. The second kappa shape index (κ2) is 7.94. The number of carbonyl (C=O) groups excluding carboxylic acids is 2. The average Bonchev–Trinajstić information content (AvgIpc) is 3.15. The van der Waals surface area contributed by atoms with E-state index in [1.54, 1.807) is 4.90 Å². The van der Waals surface area contributed by atoms with Gasteiger partial charge in [-0.15, -0.1) is 10.2 Å². The van der Waals surface area contributed by atoms with Crippen molar-refractivity contribution in [3.8, 4) is 0 Å². The lowest BCUT2D eigenvalue weighted by molar-refractivity contribution is -0.131. The van der Waals surface area contributed by atoms with E-state index in [-0.39, 0.29) is 23.9 Å². The van der Waals surface area contributed by atoms with Crippen LogP contribution in [-0.2, 0) is 4.79 Å². The van der Waals surface area contributed by atoms with Crippen LogP contribution in [0.15, 0.2) is 42.6 Å². The zero-order valence-corrected chi connectivity index (χ0v) is 15.5. The fourth-order valence-electron chi connectivity index (χ4n) is 3.58. The van der Waals surface area contributed by atoms with Gasteiger partial charge in [-0.3, -0.25) is 14.0 Å². The van der Waals surface area contributed by atoms with Crippen molar-refractivity contribution in [1.82, 2.24) is 24.8 Å². The summed E-state index contributed by atoms with van der Waals surface area (Å²) in [4.78, 5) is 26.1. The summed E-state index contributed by atoms with van der Waals surface area (Å²) in [6.45, 7) is 0.848. The van der Waals surface area contributed by atoms with Crippen LogP contribution in [0.1, 0.15) is 34.9 Å². The van der Waals surface area contributed by atoms with E-state index in [0.29, 0.717) is 19.2 Å². The Morgan fingerprint density at radius 1 is 1.07 bits per heavy atom. The Morgan fingerprint density at radius 3 is 2.52 bits per heavy atom. The third-order valence-electron chi connectivity index (χ3n) is 5.08. The van der Waals surface area contributed by atoms with Gasteiger partial charge in [0.2, 0.25) is 5.91 Å². The summed E-state index contributed by atoms with van der Waals surface area (Å²) in [6.07, 6.45) is 3.40. The monoisotopic (exact) mass is 399 g/mol. The molecular formula is C20H19F2N5O2. The SMILES string of the molecule is O=C(NCC(=O)N1CCC(c2nnc3ccccn23)CC1)c1cc(F)cc(F)c1. The number of nitrogens with one attached hydrogen (secondary N) is 1. The zero-order valence-electron chi connectivity index (χ0n) is 15.5. The number of carbonyl (C=O) groups is 2. The number of amides is 2. The van der Waals surface area contributed by atoms with E-state index in [9.17, 15) is 18.4 Å². The third-order valence-corrected chi connectivity index (χ3v) is 5.08. The number of piperidine rings is 1. The maximum Gasteiger partial charge on any atom is 0.251 e. The molecule has 4 rings (SSSR count). The summed E-state index contributed by atoms with van der Waals surface area (Å²) in [5.74, 6) is -1.54. The number of benzene rings is 1. The number of nitrogens with zero attached hydrogens (tertiary/aromatic N) is 4. The Bertz CT molecular complexity index is 1040. The van der Waals surface area contributed by atoms with Crippen molar-refractivity contribution in [2.24, 2.45) is 0 Å². The smallest absolute Gasteiger partial charge is 0.251 e. The Hall–Kier alpha value is -3.36. The minimum absolute atomic E-state index is 0.160. The Morgan fingerprint density at radius 2 is 1.79 bits per heavy atom. The number of hydrogen-bond donors (Lipinski definition) is 1. The fourth-order valence-corrected chi connectivity index (χ4v) is 3.58. The van der Waals surface area contributed by atoms with Crippen molar-refractivity contribution in [3.63, 3.8) is 0 Å². The van der Waals surface area contributed by atoms with Crippen molar-refractivity contribution in [3.05, 3.63) is 65.6 Å². The van der Waals surface area contributed by atoms with Crippen molar-refractivity contribution in [1.29, 1.82) is 0 Å². The molecule has 0 radical (unpaired) electrons. The molecule has 0 atom stereocenters. The van der Waals surface area contributed by atoms with Gasteiger partial charge in [0, 0.05) is 36.8 Å². The minimum Gasteiger partial charge on any atom is -0.343 e. The molecular weight excluding hydrogens is 380 g/mol. The number of pyridine rings is 1. The van der Waals surface area contributed by atoms with E-state index < -0.39 is 17.5 Å². The first-order valence-corrected chi connectivity index (χ1v) is 9.33. The van der Waals surface area contributed by atoms with E-state index in [2.05, 4.69) is 15.5 Å². The molecule has 7 nitrogen and oxygen atoms in total. The lowest BCUT2D eigenvalue weighted by Crippen LogP contribution is -2.44. The quantitative estimate of drug-likeness (QED) is 0.729. The fraction of sp³-hybridized carbons (Fsp3) is 0.300. The van der Waals surface area contributed by atoms with Crippen molar-refractivity contribution in [2.75, 3.05) is 19.6 Å². The lowest BCUT2D eigenvalue weighted by Gasteiger charge is -2.31. The molecule has 0 aliphatic carbocycles. The Kier molecular flexibility index (Phi) is 5.20. The summed E-state index contributed by atoms with van der Waals surface area (Å²) < 4.78 is 28.4. The third kappa shape index (κ3) is 4.08. The van der Waals surface area contributed by atoms with E-state index in [0.717, 1.165) is 36.4 Å². The molecule has 150 valence electrons. The molecule has 1 saturated heterocycles. The minimum atomic E-state index is -0.843. The number of aromatic nitrogens is 3. The molecule has 1 aliphatic rings. The Balaban J connectivity index is 1.31. The lowest BCUT2D eigenvalue weighted by atomic mass is 9.96. The second-order valence-electron chi connectivity index (χ2n) is 6.98. The van der Waals surface area contributed by atoms with E-state index >= 15 is 0 Å². The van der Waals surface area contributed by atoms with Crippen LogP contribution in [0, 0.1) is 11.6 Å². The molecule has 1 N–H and O–H groups in total. The van der Waals surface area contributed by atoms with E-state index in [1.807, 2.05) is 28.8 Å². The topological polar surface area (TPSA) is 79.6 Å². The normalized spacial score (nSPS) is 14.9. The molecule has 3 aromatic rings. The van der Waals surface area contributed by atoms with Gasteiger partial charge in [-0.1, -0.05) is 6.07 Å². The summed E-state index contributed by atoms with van der Waals surface area (Å²) in [5, 5.41) is 10.9. The van der Waals surface area contributed by atoms with Gasteiger partial charge >= 0.3 is 0 Å². The summed E-state index contributed by atoms with van der Waals surface area (Å²) in [5.41, 5.74) is 0.630. The zero-order chi connectivity index (χ0) is 20.4. The van der Waals surface area contributed by atoms with Gasteiger partial charge in [0.15, 0.2) is 5.65 Å². The first-order valence-electron chi connectivity index (χ1n) is 9.33. The van der Waals surface area contributed by atoms with Gasteiger partial charge in [-0.25, -0.2) is 8.78 Å². The Labute approximate surface area is 165 Å². The molecule has 0 unspecified atom stereocenters. The molecule has 1 aliphatic heterocycles. The van der Waals surface area contributed by atoms with Gasteiger partial charge in [0.25, 0.3) is 5.91 Å². The highest BCUT2D eigenvalue weighted by Crippen LogP contribution is 2.27. The number of fused-ring (bicyclic) bond motifs is 1. The predicted octanol–water partition coefficient (Wildman–Crippen LogP) is 2.14. The van der Waals surface area contributed by atoms with Gasteiger partial charge in [-0.05, 0) is 37.1 Å². The number of rotatable bonds is 4. The van der Waals surface area contributed by atoms with Crippen LogP contribution >= 0.6 is 0 Å². The molecule has 1 fully saturated rings.